The van der Waals surface area contributed by atoms with Crippen LogP contribution in [0.3, 0.4) is 0 Å². The minimum atomic E-state index is 0.843. The summed E-state index contributed by atoms with van der Waals surface area (Å²) in [6.45, 7) is 5.96. The van der Waals surface area contributed by atoms with Crippen molar-refractivity contribution in [2.45, 2.75) is 20.4 Å². The van der Waals surface area contributed by atoms with E-state index in [4.69, 9.17) is 0 Å². The molecule has 0 spiro atoms. The molecule has 0 aliphatic rings. The van der Waals surface area contributed by atoms with E-state index in [1.807, 2.05) is 6.07 Å². The van der Waals surface area contributed by atoms with Gasteiger partial charge in [-0.25, -0.2) is 4.98 Å². The van der Waals surface area contributed by atoms with E-state index in [1.165, 1.54) is 16.6 Å². The third-order valence-electron chi connectivity index (χ3n) is 3.58. The van der Waals surface area contributed by atoms with E-state index >= 15 is 0 Å². The fraction of sp³-hybridized carbons (Fsp3) is 0.235. The number of nitrogens with one attached hydrogen (secondary N) is 1. The Kier molecular flexibility index (Phi) is 3.42. The molecule has 0 atom stereocenters. The van der Waals surface area contributed by atoms with Gasteiger partial charge in [-0.05, 0) is 37.1 Å². The van der Waals surface area contributed by atoms with E-state index < -0.39 is 0 Å². The van der Waals surface area contributed by atoms with Crippen LogP contribution in [0.1, 0.15) is 18.1 Å². The van der Waals surface area contributed by atoms with Crippen LogP contribution >= 0.6 is 0 Å². The first-order chi connectivity index (χ1) is 9.79. The fourth-order valence-corrected chi connectivity index (χ4v) is 2.49. The molecule has 0 aliphatic heterocycles. The molecule has 0 unspecified atom stereocenters. The molecular weight excluding hydrogens is 246 g/mol. The lowest BCUT2D eigenvalue weighted by atomic mass is 10.1. The van der Waals surface area contributed by atoms with E-state index in [0.29, 0.717) is 0 Å². The average Bonchev–Trinajstić information content (AvgIpc) is 2.80. The van der Waals surface area contributed by atoms with Crippen LogP contribution in [0.2, 0.25) is 0 Å². The molecule has 0 fully saturated rings. The molecular formula is C17H19N3. The Morgan fingerprint density at radius 2 is 1.80 bits per heavy atom. The van der Waals surface area contributed by atoms with Crippen LogP contribution < -0.4 is 5.32 Å². The maximum Gasteiger partial charge on any atom is 0.204 e. The quantitative estimate of drug-likeness (QED) is 0.777. The van der Waals surface area contributed by atoms with Crippen molar-refractivity contribution in [3.8, 4) is 0 Å². The van der Waals surface area contributed by atoms with E-state index in [-0.39, 0.29) is 0 Å². The maximum atomic E-state index is 4.68. The molecule has 102 valence electrons. The van der Waals surface area contributed by atoms with Crippen molar-refractivity contribution in [1.82, 2.24) is 9.55 Å². The lowest BCUT2D eigenvalue weighted by Crippen LogP contribution is -2.08. The van der Waals surface area contributed by atoms with Crippen LogP contribution in [0, 0.1) is 6.92 Å². The number of anilines is 1. The zero-order chi connectivity index (χ0) is 13.9. The normalized spacial score (nSPS) is 10.9. The molecule has 20 heavy (non-hydrogen) atoms. The van der Waals surface area contributed by atoms with E-state index in [2.05, 4.69) is 71.2 Å². The second kappa shape index (κ2) is 5.37. The standard InChI is InChI=1S/C17H19N3/c1-3-18-17-19-15-10-6-7-11-16(15)20(17)12-14-9-5-4-8-13(14)2/h4-11H,3,12H2,1-2H3,(H,18,19). The Labute approximate surface area is 119 Å². The second-order valence-electron chi connectivity index (χ2n) is 4.97. The van der Waals surface area contributed by atoms with Crippen molar-refractivity contribution in [1.29, 1.82) is 0 Å². The lowest BCUT2D eigenvalue weighted by Gasteiger charge is -2.11. The smallest absolute Gasteiger partial charge is 0.204 e. The van der Waals surface area contributed by atoms with Gasteiger partial charge in [0.05, 0.1) is 17.6 Å². The molecule has 1 N–H and O–H groups in total. The highest BCUT2D eigenvalue weighted by Gasteiger charge is 2.10. The SMILES string of the molecule is CCNc1nc2ccccc2n1Cc1ccccc1C. The molecule has 0 amide bonds. The highest BCUT2D eigenvalue weighted by Crippen LogP contribution is 2.22. The first-order valence-corrected chi connectivity index (χ1v) is 7.03. The summed E-state index contributed by atoms with van der Waals surface area (Å²) in [4.78, 5) is 4.68. The van der Waals surface area contributed by atoms with Gasteiger partial charge in [-0.3, -0.25) is 0 Å². The molecule has 1 heterocycles. The van der Waals surface area contributed by atoms with Crippen molar-refractivity contribution in [3.05, 3.63) is 59.7 Å². The van der Waals surface area contributed by atoms with Crippen LogP contribution in [0.25, 0.3) is 11.0 Å². The Morgan fingerprint density at radius 3 is 2.60 bits per heavy atom. The number of fused-ring (bicyclic) bond motifs is 1. The van der Waals surface area contributed by atoms with Crippen molar-refractivity contribution >= 4 is 17.0 Å². The molecule has 3 heteroatoms. The number of nitrogens with zero attached hydrogens (tertiary/aromatic N) is 2. The summed E-state index contributed by atoms with van der Waals surface area (Å²) in [5.41, 5.74) is 4.85. The molecule has 0 radical (unpaired) electrons. The summed E-state index contributed by atoms with van der Waals surface area (Å²) in [6, 6.07) is 16.8. The predicted molar refractivity (Wildman–Crippen MR) is 84.2 cm³/mol. The summed E-state index contributed by atoms with van der Waals surface area (Å²) in [5.74, 6) is 0.942. The molecule has 0 aliphatic carbocycles. The van der Waals surface area contributed by atoms with Crippen LogP contribution in [0.5, 0.6) is 0 Å². The van der Waals surface area contributed by atoms with Gasteiger partial charge in [-0.1, -0.05) is 36.4 Å². The molecule has 2 aromatic carbocycles. The van der Waals surface area contributed by atoms with Gasteiger partial charge in [0.25, 0.3) is 0 Å². The van der Waals surface area contributed by atoms with Crippen LogP contribution in [0.15, 0.2) is 48.5 Å². The third-order valence-corrected chi connectivity index (χ3v) is 3.58. The fourth-order valence-electron chi connectivity index (χ4n) is 2.49. The largest absolute Gasteiger partial charge is 0.356 e. The third kappa shape index (κ3) is 2.27. The van der Waals surface area contributed by atoms with Gasteiger partial charge >= 0.3 is 0 Å². The molecule has 0 saturated heterocycles. The number of hydrogen-bond acceptors (Lipinski definition) is 2. The van der Waals surface area contributed by atoms with Gasteiger partial charge in [0.15, 0.2) is 0 Å². The van der Waals surface area contributed by atoms with Gasteiger partial charge in [0.2, 0.25) is 5.95 Å². The van der Waals surface area contributed by atoms with Crippen molar-refractivity contribution in [2.75, 3.05) is 11.9 Å². The van der Waals surface area contributed by atoms with E-state index in [0.717, 1.165) is 24.6 Å². The Hall–Kier alpha value is -2.29. The van der Waals surface area contributed by atoms with Gasteiger partial charge in [0, 0.05) is 6.54 Å². The Morgan fingerprint density at radius 1 is 1.05 bits per heavy atom. The van der Waals surface area contributed by atoms with Gasteiger partial charge < -0.3 is 9.88 Å². The minimum absolute atomic E-state index is 0.843. The van der Waals surface area contributed by atoms with E-state index in [9.17, 15) is 0 Å². The second-order valence-corrected chi connectivity index (χ2v) is 4.97. The van der Waals surface area contributed by atoms with Gasteiger partial charge in [-0.2, -0.15) is 0 Å². The average molecular weight is 265 g/mol. The zero-order valence-electron chi connectivity index (χ0n) is 11.9. The first-order valence-electron chi connectivity index (χ1n) is 7.03. The van der Waals surface area contributed by atoms with Gasteiger partial charge in [-0.15, -0.1) is 0 Å². The summed E-state index contributed by atoms with van der Waals surface area (Å²) in [7, 11) is 0. The molecule has 0 bridgehead atoms. The minimum Gasteiger partial charge on any atom is -0.356 e. The number of rotatable bonds is 4. The molecule has 3 nitrogen and oxygen atoms in total. The number of aromatic nitrogens is 2. The Balaban J connectivity index is 2.09. The van der Waals surface area contributed by atoms with Crippen molar-refractivity contribution in [2.24, 2.45) is 0 Å². The summed E-state index contributed by atoms with van der Waals surface area (Å²) < 4.78 is 2.25. The number of para-hydroxylation sites is 2. The van der Waals surface area contributed by atoms with Crippen LogP contribution in [0.4, 0.5) is 5.95 Å². The molecule has 1 aromatic heterocycles. The number of hydrogen-bond donors (Lipinski definition) is 1. The maximum absolute atomic E-state index is 4.68. The van der Waals surface area contributed by atoms with Crippen LogP contribution in [-0.4, -0.2) is 16.1 Å². The summed E-state index contributed by atoms with van der Waals surface area (Å²) in [5, 5.41) is 3.36. The van der Waals surface area contributed by atoms with E-state index in [1.54, 1.807) is 0 Å². The number of benzene rings is 2. The van der Waals surface area contributed by atoms with Crippen molar-refractivity contribution < 1.29 is 0 Å². The molecule has 0 saturated carbocycles. The number of imidazole rings is 1. The summed E-state index contributed by atoms with van der Waals surface area (Å²) in [6.07, 6.45) is 0. The lowest BCUT2D eigenvalue weighted by molar-refractivity contribution is 0.820. The van der Waals surface area contributed by atoms with Crippen LogP contribution in [-0.2, 0) is 6.54 Å². The Bertz CT molecular complexity index is 728. The molecule has 3 rings (SSSR count). The number of aryl methyl sites for hydroxylation is 1. The molecule has 3 aromatic rings. The topological polar surface area (TPSA) is 29.9 Å². The van der Waals surface area contributed by atoms with Gasteiger partial charge in [0.1, 0.15) is 0 Å². The highest BCUT2D eigenvalue weighted by atomic mass is 15.2. The zero-order valence-corrected chi connectivity index (χ0v) is 11.9. The monoisotopic (exact) mass is 265 g/mol. The first kappa shape index (κ1) is 12.7. The highest BCUT2D eigenvalue weighted by molar-refractivity contribution is 5.78. The predicted octanol–water partition coefficient (Wildman–Crippen LogP) is 3.82. The van der Waals surface area contributed by atoms with Crippen molar-refractivity contribution in [3.63, 3.8) is 0 Å². The summed E-state index contributed by atoms with van der Waals surface area (Å²) >= 11 is 0.